The standard InChI is InChI=1S/C18H23N3O/c1-5-14(4)20-15-6-7-19-17(11-15)18(22)21-16-9-12(2)8-13(3)10-16/h6-11,14H,5H2,1-4H3,(H,19,20)(H,21,22). The maximum Gasteiger partial charge on any atom is 0.274 e. The maximum atomic E-state index is 12.3. The van der Waals surface area contributed by atoms with E-state index in [1.165, 1.54) is 0 Å². The van der Waals surface area contributed by atoms with Crippen LogP contribution in [0.15, 0.2) is 36.5 Å². The van der Waals surface area contributed by atoms with Gasteiger partial charge in [-0.1, -0.05) is 13.0 Å². The van der Waals surface area contributed by atoms with Gasteiger partial charge >= 0.3 is 0 Å². The monoisotopic (exact) mass is 297 g/mol. The third-order valence-corrected chi connectivity index (χ3v) is 3.50. The lowest BCUT2D eigenvalue weighted by Crippen LogP contribution is -2.16. The van der Waals surface area contributed by atoms with E-state index in [1.54, 1.807) is 12.3 Å². The van der Waals surface area contributed by atoms with E-state index in [4.69, 9.17) is 0 Å². The van der Waals surface area contributed by atoms with Crippen molar-refractivity contribution in [2.75, 3.05) is 10.6 Å². The van der Waals surface area contributed by atoms with E-state index >= 15 is 0 Å². The van der Waals surface area contributed by atoms with Crippen molar-refractivity contribution in [3.8, 4) is 0 Å². The van der Waals surface area contributed by atoms with Crippen LogP contribution in [0, 0.1) is 13.8 Å². The predicted molar refractivity (Wildman–Crippen MR) is 91.5 cm³/mol. The summed E-state index contributed by atoms with van der Waals surface area (Å²) in [6.45, 7) is 8.25. The molecular formula is C18H23N3O. The van der Waals surface area contributed by atoms with Gasteiger partial charge in [-0.05, 0) is 62.6 Å². The number of anilines is 2. The molecule has 0 fully saturated rings. The number of carbonyl (C=O) groups is 1. The first-order chi connectivity index (χ1) is 10.5. The zero-order chi connectivity index (χ0) is 16.1. The number of aryl methyl sites for hydroxylation is 2. The van der Waals surface area contributed by atoms with Crippen molar-refractivity contribution in [2.24, 2.45) is 0 Å². The van der Waals surface area contributed by atoms with E-state index in [9.17, 15) is 4.79 Å². The molecule has 0 aliphatic rings. The lowest BCUT2D eigenvalue weighted by atomic mass is 10.1. The van der Waals surface area contributed by atoms with Crippen LogP contribution < -0.4 is 10.6 Å². The van der Waals surface area contributed by atoms with Crippen molar-refractivity contribution in [1.82, 2.24) is 4.98 Å². The van der Waals surface area contributed by atoms with Crippen LogP contribution in [-0.2, 0) is 0 Å². The molecule has 116 valence electrons. The van der Waals surface area contributed by atoms with Crippen LogP contribution in [0.3, 0.4) is 0 Å². The molecule has 1 amide bonds. The fourth-order valence-corrected chi connectivity index (χ4v) is 2.27. The molecule has 0 aliphatic carbocycles. The molecule has 1 aromatic carbocycles. The second-order valence-electron chi connectivity index (χ2n) is 5.71. The summed E-state index contributed by atoms with van der Waals surface area (Å²) in [4.78, 5) is 16.5. The van der Waals surface area contributed by atoms with Crippen LogP contribution in [0.5, 0.6) is 0 Å². The Hall–Kier alpha value is -2.36. The van der Waals surface area contributed by atoms with Crippen LogP contribution in [0.2, 0.25) is 0 Å². The first-order valence-corrected chi connectivity index (χ1v) is 7.60. The predicted octanol–water partition coefficient (Wildman–Crippen LogP) is 4.16. The highest BCUT2D eigenvalue weighted by Crippen LogP contribution is 2.16. The number of carbonyl (C=O) groups excluding carboxylic acids is 1. The van der Waals surface area contributed by atoms with Gasteiger partial charge in [-0.25, -0.2) is 0 Å². The van der Waals surface area contributed by atoms with Crippen LogP contribution >= 0.6 is 0 Å². The highest BCUT2D eigenvalue weighted by Gasteiger charge is 2.09. The van der Waals surface area contributed by atoms with Crippen LogP contribution in [0.4, 0.5) is 11.4 Å². The van der Waals surface area contributed by atoms with Gasteiger partial charge in [0.1, 0.15) is 5.69 Å². The van der Waals surface area contributed by atoms with E-state index in [1.807, 2.05) is 32.0 Å². The first kappa shape index (κ1) is 16.0. The van der Waals surface area contributed by atoms with E-state index in [-0.39, 0.29) is 5.91 Å². The van der Waals surface area contributed by atoms with Gasteiger partial charge < -0.3 is 10.6 Å². The molecule has 0 radical (unpaired) electrons. The zero-order valence-corrected chi connectivity index (χ0v) is 13.6. The SMILES string of the molecule is CCC(C)Nc1ccnc(C(=O)Nc2cc(C)cc(C)c2)c1. The molecular weight excluding hydrogens is 274 g/mol. The Morgan fingerprint density at radius 1 is 1.14 bits per heavy atom. The van der Waals surface area contributed by atoms with Crippen molar-refractivity contribution in [3.63, 3.8) is 0 Å². The van der Waals surface area contributed by atoms with Gasteiger partial charge in [-0.2, -0.15) is 0 Å². The summed E-state index contributed by atoms with van der Waals surface area (Å²) in [5, 5.41) is 6.25. The molecule has 4 nitrogen and oxygen atoms in total. The van der Waals surface area contributed by atoms with Gasteiger partial charge in [0.05, 0.1) is 0 Å². The second-order valence-corrected chi connectivity index (χ2v) is 5.71. The maximum absolute atomic E-state index is 12.3. The summed E-state index contributed by atoms with van der Waals surface area (Å²) in [5.74, 6) is -0.196. The minimum atomic E-state index is -0.196. The molecule has 1 heterocycles. The van der Waals surface area contributed by atoms with Gasteiger partial charge in [-0.15, -0.1) is 0 Å². The van der Waals surface area contributed by atoms with Gasteiger partial charge in [0, 0.05) is 23.6 Å². The Morgan fingerprint density at radius 2 is 1.82 bits per heavy atom. The molecule has 1 atom stereocenters. The molecule has 0 saturated carbocycles. The number of hydrogen-bond donors (Lipinski definition) is 2. The van der Waals surface area contributed by atoms with Crippen LogP contribution in [0.1, 0.15) is 41.9 Å². The van der Waals surface area contributed by atoms with Crippen molar-refractivity contribution >= 4 is 17.3 Å². The van der Waals surface area contributed by atoms with Gasteiger partial charge in [0.15, 0.2) is 0 Å². The first-order valence-electron chi connectivity index (χ1n) is 7.60. The summed E-state index contributed by atoms with van der Waals surface area (Å²) in [6, 6.07) is 9.99. The lowest BCUT2D eigenvalue weighted by molar-refractivity contribution is 0.102. The lowest BCUT2D eigenvalue weighted by Gasteiger charge is -2.13. The summed E-state index contributed by atoms with van der Waals surface area (Å²) >= 11 is 0. The largest absolute Gasteiger partial charge is 0.382 e. The van der Waals surface area contributed by atoms with Crippen molar-refractivity contribution in [3.05, 3.63) is 53.3 Å². The molecule has 22 heavy (non-hydrogen) atoms. The average molecular weight is 297 g/mol. The third-order valence-electron chi connectivity index (χ3n) is 3.50. The topological polar surface area (TPSA) is 54.0 Å². The highest BCUT2D eigenvalue weighted by molar-refractivity contribution is 6.03. The van der Waals surface area contributed by atoms with Gasteiger partial charge in [-0.3, -0.25) is 9.78 Å². The molecule has 0 spiro atoms. The zero-order valence-electron chi connectivity index (χ0n) is 13.6. The molecule has 1 unspecified atom stereocenters. The van der Waals surface area contributed by atoms with E-state index in [0.29, 0.717) is 11.7 Å². The number of amides is 1. The van der Waals surface area contributed by atoms with Crippen LogP contribution in [-0.4, -0.2) is 16.9 Å². The number of nitrogens with zero attached hydrogens (tertiary/aromatic N) is 1. The Labute approximate surface area is 132 Å². The Kier molecular flexibility index (Phi) is 5.15. The van der Waals surface area contributed by atoms with E-state index < -0.39 is 0 Å². The molecule has 4 heteroatoms. The van der Waals surface area contributed by atoms with E-state index in [2.05, 4.69) is 35.5 Å². The fourth-order valence-electron chi connectivity index (χ4n) is 2.27. The molecule has 0 aliphatic heterocycles. The number of pyridine rings is 1. The fraction of sp³-hybridized carbons (Fsp3) is 0.333. The van der Waals surface area contributed by atoms with Crippen molar-refractivity contribution < 1.29 is 4.79 Å². The second kappa shape index (κ2) is 7.07. The third kappa shape index (κ3) is 4.32. The minimum absolute atomic E-state index is 0.196. The normalized spacial score (nSPS) is 11.8. The quantitative estimate of drug-likeness (QED) is 0.871. The highest BCUT2D eigenvalue weighted by atomic mass is 16.1. The summed E-state index contributed by atoms with van der Waals surface area (Å²) in [5.41, 5.74) is 4.36. The molecule has 1 aromatic heterocycles. The Balaban J connectivity index is 2.13. The summed E-state index contributed by atoms with van der Waals surface area (Å²) < 4.78 is 0. The number of benzene rings is 1. The number of hydrogen-bond acceptors (Lipinski definition) is 3. The van der Waals surface area contributed by atoms with Crippen LogP contribution in [0.25, 0.3) is 0 Å². The molecule has 0 saturated heterocycles. The van der Waals surface area contributed by atoms with Crippen molar-refractivity contribution in [1.29, 1.82) is 0 Å². The Bertz CT molecular complexity index is 647. The number of rotatable bonds is 5. The van der Waals surface area contributed by atoms with Gasteiger partial charge in [0.25, 0.3) is 5.91 Å². The molecule has 2 rings (SSSR count). The average Bonchev–Trinajstić information content (AvgIpc) is 2.46. The summed E-state index contributed by atoms with van der Waals surface area (Å²) in [6.07, 6.45) is 2.67. The van der Waals surface area contributed by atoms with Crippen molar-refractivity contribution in [2.45, 2.75) is 40.2 Å². The number of aromatic nitrogens is 1. The van der Waals surface area contributed by atoms with E-state index in [0.717, 1.165) is 28.9 Å². The Morgan fingerprint density at radius 3 is 2.45 bits per heavy atom. The molecule has 0 bridgehead atoms. The van der Waals surface area contributed by atoms with Gasteiger partial charge in [0.2, 0.25) is 0 Å². The minimum Gasteiger partial charge on any atom is -0.382 e. The smallest absolute Gasteiger partial charge is 0.274 e. The molecule has 2 N–H and O–H groups in total. The molecule has 2 aromatic rings. The summed E-state index contributed by atoms with van der Waals surface area (Å²) in [7, 11) is 0. The number of nitrogens with one attached hydrogen (secondary N) is 2.